The molecule has 0 atom stereocenters. The molecule has 2 heteroatoms. The summed E-state index contributed by atoms with van der Waals surface area (Å²) in [4.78, 5) is 11.8. The van der Waals surface area contributed by atoms with Crippen LogP contribution in [0.3, 0.4) is 0 Å². The molecule has 1 heterocycles. The minimum atomic E-state index is -0.0184. The van der Waals surface area contributed by atoms with Crippen LogP contribution < -0.4 is 0 Å². The molecule has 0 amide bonds. The molecule has 0 radical (unpaired) electrons. The fourth-order valence-electron chi connectivity index (χ4n) is 2.36. The number of fused-ring (bicyclic) bond motifs is 1. The molecule has 0 bridgehead atoms. The highest BCUT2D eigenvalue weighted by Crippen LogP contribution is 2.51. The lowest BCUT2D eigenvalue weighted by Crippen LogP contribution is -2.35. The van der Waals surface area contributed by atoms with Gasteiger partial charge >= 0.3 is 0 Å². The van der Waals surface area contributed by atoms with Crippen LogP contribution >= 0.6 is 0 Å². The zero-order valence-electron chi connectivity index (χ0n) is 6.80. The van der Waals surface area contributed by atoms with Crippen LogP contribution in [0.4, 0.5) is 0 Å². The molecule has 0 aromatic carbocycles. The van der Waals surface area contributed by atoms with Gasteiger partial charge in [-0.15, -0.1) is 0 Å². The number of furan rings is 1. The standard InChI is InChI=1S/C10H10O2/c11-9-7-2-5-12-8(7)6-10(9)3-1-4-10/h2,5H,1,3-4,6H2. The molecule has 2 aliphatic carbocycles. The lowest BCUT2D eigenvalue weighted by Gasteiger charge is -2.35. The van der Waals surface area contributed by atoms with Crippen molar-refractivity contribution < 1.29 is 9.21 Å². The van der Waals surface area contributed by atoms with Crippen molar-refractivity contribution in [3.05, 3.63) is 23.7 Å². The molecule has 0 saturated heterocycles. The summed E-state index contributed by atoms with van der Waals surface area (Å²) in [6, 6.07) is 1.81. The summed E-state index contributed by atoms with van der Waals surface area (Å²) in [7, 11) is 0. The molecule has 1 fully saturated rings. The van der Waals surface area contributed by atoms with Crippen molar-refractivity contribution in [2.45, 2.75) is 25.7 Å². The van der Waals surface area contributed by atoms with Crippen molar-refractivity contribution in [2.24, 2.45) is 5.41 Å². The molecule has 62 valence electrons. The molecule has 12 heavy (non-hydrogen) atoms. The highest BCUT2D eigenvalue weighted by Gasteiger charge is 2.50. The Hall–Kier alpha value is -1.05. The van der Waals surface area contributed by atoms with Crippen LogP contribution in [-0.4, -0.2) is 5.78 Å². The number of Topliss-reactive ketones (excluding diaryl/α,β-unsaturated/α-hetero) is 1. The van der Waals surface area contributed by atoms with E-state index in [1.54, 1.807) is 6.26 Å². The monoisotopic (exact) mass is 162 g/mol. The molecule has 2 aliphatic rings. The van der Waals surface area contributed by atoms with Gasteiger partial charge < -0.3 is 4.42 Å². The smallest absolute Gasteiger partial charge is 0.172 e. The Morgan fingerprint density at radius 3 is 2.83 bits per heavy atom. The van der Waals surface area contributed by atoms with Crippen LogP contribution in [0.5, 0.6) is 0 Å². The number of ketones is 1. The minimum absolute atomic E-state index is 0.0184. The van der Waals surface area contributed by atoms with Gasteiger partial charge in [-0.1, -0.05) is 6.42 Å². The van der Waals surface area contributed by atoms with Crippen LogP contribution in [0.2, 0.25) is 0 Å². The Bertz CT molecular complexity index is 344. The molecule has 0 N–H and O–H groups in total. The first kappa shape index (κ1) is 6.46. The van der Waals surface area contributed by atoms with Crippen molar-refractivity contribution in [3.8, 4) is 0 Å². The first-order valence-corrected chi connectivity index (χ1v) is 4.43. The molecular weight excluding hydrogens is 152 g/mol. The first-order chi connectivity index (χ1) is 5.82. The number of rotatable bonds is 0. The summed E-state index contributed by atoms with van der Waals surface area (Å²) in [5.41, 5.74) is 0.824. The van der Waals surface area contributed by atoms with Gasteiger partial charge in [0.05, 0.1) is 11.8 Å². The SMILES string of the molecule is O=C1c2ccoc2CC12CCC2. The predicted octanol–water partition coefficient (Wildman–Crippen LogP) is 2.19. The second-order valence-electron chi connectivity index (χ2n) is 3.90. The second-order valence-corrected chi connectivity index (χ2v) is 3.90. The Morgan fingerprint density at radius 1 is 1.42 bits per heavy atom. The quantitative estimate of drug-likeness (QED) is 0.585. The van der Waals surface area contributed by atoms with Gasteiger partial charge in [-0.3, -0.25) is 4.79 Å². The Kier molecular flexibility index (Phi) is 0.978. The second kappa shape index (κ2) is 1.82. The highest BCUT2D eigenvalue weighted by molar-refractivity contribution is 6.04. The van der Waals surface area contributed by atoms with Gasteiger partial charge in [0.1, 0.15) is 5.76 Å². The Balaban J connectivity index is 2.10. The molecule has 1 spiro atoms. The molecule has 2 nitrogen and oxygen atoms in total. The third-order valence-corrected chi connectivity index (χ3v) is 3.28. The van der Waals surface area contributed by atoms with E-state index in [2.05, 4.69) is 0 Å². The van der Waals surface area contributed by atoms with Gasteiger partial charge in [0.2, 0.25) is 0 Å². The zero-order chi connectivity index (χ0) is 8.18. The van der Waals surface area contributed by atoms with E-state index in [-0.39, 0.29) is 5.41 Å². The van der Waals surface area contributed by atoms with Crippen molar-refractivity contribution in [1.29, 1.82) is 0 Å². The van der Waals surface area contributed by atoms with E-state index in [1.807, 2.05) is 6.07 Å². The molecule has 1 aromatic heterocycles. The van der Waals surface area contributed by atoms with E-state index in [4.69, 9.17) is 4.42 Å². The van der Waals surface area contributed by atoms with Crippen LogP contribution in [-0.2, 0) is 6.42 Å². The summed E-state index contributed by atoms with van der Waals surface area (Å²) < 4.78 is 5.26. The third kappa shape index (κ3) is 0.554. The van der Waals surface area contributed by atoms with Crippen LogP contribution in [0.15, 0.2) is 16.7 Å². The maximum absolute atomic E-state index is 11.8. The van der Waals surface area contributed by atoms with Crippen molar-refractivity contribution >= 4 is 5.78 Å². The highest BCUT2D eigenvalue weighted by atomic mass is 16.3. The summed E-state index contributed by atoms with van der Waals surface area (Å²) in [5, 5.41) is 0. The number of hydrogen-bond acceptors (Lipinski definition) is 2. The summed E-state index contributed by atoms with van der Waals surface area (Å²) >= 11 is 0. The van der Waals surface area contributed by atoms with Gasteiger partial charge in [-0.25, -0.2) is 0 Å². The van der Waals surface area contributed by atoms with Gasteiger partial charge in [-0.2, -0.15) is 0 Å². The molecule has 0 unspecified atom stereocenters. The fraction of sp³-hybridized carbons (Fsp3) is 0.500. The van der Waals surface area contributed by atoms with Crippen molar-refractivity contribution in [2.75, 3.05) is 0 Å². The van der Waals surface area contributed by atoms with Gasteiger partial charge in [0.15, 0.2) is 5.78 Å². The van der Waals surface area contributed by atoms with E-state index in [9.17, 15) is 4.79 Å². The molecule has 1 aromatic rings. The summed E-state index contributed by atoms with van der Waals surface area (Å²) in [6.07, 6.45) is 5.81. The lowest BCUT2D eigenvalue weighted by atomic mass is 9.66. The molecule has 1 saturated carbocycles. The molecule has 0 aliphatic heterocycles. The van der Waals surface area contributed by atoms with Crippen molar-refractivity contribution in [3.63, 3.8) is 0 Å². The zero-order valence-corrected chi connectivity index (χ0v) is 6.80. The number of carbonyl (C=O) groups is 1. The molecular formula is C10H10O2. The number of hydrogen-bond donors (Lipinski definition) is 0. The average molecular weight is 162 g/mol. The Morgan fingerprint density at radius 2 is 2.25 bits per heavy atom. The lowest BCUT2D eigenvalue weighted by molar-refractivity contribution is 0.0646. The fourth-order valence-corrected chi connectivity index (χ4v) is 2.36. The van der Waals surface area contributed by atoms with E-state index in [0.717, 1.165) is 30.6 Å². The summed E-state index contributed by atoms with van der Waals surface area (Å²) in [5.74, 6) is 1.25. The van der Waals surface area contributed by atoms with E-state index in [0.29, 0.717) is 5.78 Å². The normalized spacial score (nSPS) is 24.2. The van der Waals surface area contributed by atoms with Gasteiger partial charge in [0, 0.05) is 11.8 Å². The van der Waals surface area contributed by atoms with Crippen LogP contribution in [0.25, 0.3) is 0 Å². The van der Waals surface area contributed by atoms with E-state index >= 15 is 0 Å². The van der Waals surface area contributed by atoms with E-state index < -0.39 is 0 Å². The first-order valence-electron chi connectivity index (χ1n) is 4.43. The largest absolute Gasteiger partial charge is 0.469 e. The van der Waals surface area contributed by atoms with Crippen molar-refractivity contribution in [1.82, 2.24) is 0 Å². The van der Waals surface area contributed by atoms with Gasteiger partial charge in [0.25, 0.3) is 0 Å². The van der Waals surface area contributed by atoms with Crippen LogP contribution in [0, 0.1) is 5.41 Å². The summed E-state index contributed by atoms with van der Waals surface area (Å²) in [6.45, 7) is 0. The minimum Gasteiger partial charge on any atom is -0.469 e. The maximum Gasteiger partial charge on any atom is 0.172 e. The topological polar surface area (TPSA) is 30.2 Å². The Labute approximate surface area is 70.6 Å². The van der Waals surface area contributed by atoms with E-state index in [1.165, 1.54) is 6.42 Å². The van der Waals surface area contributed by atoms with Crippen LogP contribution in [0.1, 0.15) is 35.4 Å². The average Bonchev–Trinajstić information content (AvgIpc) is 2.49. The third-order valence-electron chi connectivity index (χ3n) is 3.28. The predicted molar refractivity (Wildman–Crippen MR) is 43.0 cm³/mol. The molecule has 3 rings (SSSR count). The number of carbonyl (C=O) groups excluding carboxylic acids is 1. The maximum atomic E-state index is 11.8. The van der Waals surface area contributed by atoms with Gasteiger partial charge in [-0.05, 0) is 18.9 Å².